The third-order valence-electron chi connectivity index (χ3n) is 3.94. The van der Waals surface area contributed by atoms with Crippen molar-refractivity contribution < 1.29 is 4.79 Å². The van der Waals surface area contributed by atoms with E-state index in [2.05, 4.69) is 39.5 Å². The molecule has 0 aromatic heterocycles. The summed E-state index contributed by atoms with van der Waals surface area (Å²) in [5.41, 5.74) is -0.0832. The number of Topliss-reactive ketones (excluding diaryl/α,β-unsaturated/α-hetero) is 1. The Kier molecular flexibility index (Phi) is 5.18. The van der Waals surface area contributed by atoms with Gasteiger partial charge in [-0.3, -0.25) is 4.79 Å². The minimum atomic E-state index is -0.0832. The van der Waals surface area contributed by atoms with Gasteiger partial charge in [0.1, 0.15) is 5.78 Å². The molecule has 0 N–H and O–H groups in total. The molecule has 0 aromatic rings. The zero-order chi connectivity index (χ0) is 13.1. The van der Waals surface area contributed by atoms with E-state index >= 15 is 0 Å². The first-order chi connectivity index (χ1) is 7.86. The molecule has 0 bridgehead atoms. The highest BCUT2D eigenvalue weighted by Crippen LogP contribution is 2.35. The molecule has 1 fully saturated rings. The highest BCUT2D eigenvalue weighted by atomic mass is 16.1. The van der Waals surface area contributed by atoms with Crippen molar-refractivity contribution >= 4 is 5.78 Å². The van der Waals surface area contributed by atoms with E-state index in [1.54, 1.807) is 0 Å². The standard InChI is InChI=1S/C15H29NO/c1-6-16(10-12(2)3)11-13-8-7-9-15(4,5)14(13)17/h12-13H,6-11H2,1-5H3. The third kappa shape index (κ3) is 4.09. The Morgan fingerprint density at radius 3 is 2.59 bits per heavy atom. The van der Waals surface area contributed by atoms with Gasteiger partial charge in [0.25, 0.3) is 0 Å². The van der Waals surface area contributed by atoms with E-state index in [9.17, 15) is 4.79 Å². The number of ketones is 1. The maximum atomic E-state index is 12.4. The Labute approximate surface area is 107 Å². The van der Waals surface area contributed by atoms with Gasteiger partial charge in [0.15, 0.2) is 0 Å². The first-order valence-corrected chi connectivity index (χ1v) is 7.13. The van der Waals surface area contributed by atoms with Gasteiger partial charge < -0.3 is 4.90 Å². The average Bonchev–Trinajstić information content (AvgIpc) is 2.23. The summed E-state index contributed by atoms with van der Waals surface area (Å²) in [6, 6.07) is 0. The summed E-state index contributed by atoms with van der Waals surface area (Å²) in [7, 11) is 0. The largest absolute Gasteiger partial charge is 0.303 e. The van der Waals surface area contributed by atoms with E-state index in [1.165, 1.54) is 6.42 Å². The summed E-state index contributed by atoms with van der Waals surface area (Å²) in [6.45, 7) is 14.0. The SMILES string of the molecule is CCN(CC(C)C)CC1CCCC(C)(C)C1=O. The average molecular weight is 239 g/mol. The summed E-state index contributed by atoms with van der Waals surface area (Å²) < 4.78 is 0. The highest BCUT2D eigenvalue weighted by Gasteiger charge is 2.37. The molecule has 2 nitrogen and oxygen atoms in total. The van der Waals surface area contributed by atoms with Gasteiger partial charge in [-0.25, -0.2) is 0 Å². The molecule has 1 atom stereocenters. The Hall–Kier alpha value is -0.370. The molecule has 1 unspecified atom stereocenters. The van der Waals surface area contributed by atoms with E-state index < -0.39 is 0 Å². The van der Waals surface area contributed by atoms with Gasteiger partial charge in [0.2, 0.25) is 0 Å². The van der Waals surface area contributed by atoms with Crippen molar-refractivity contribution in [3.8, 4) is 0 Å². The predicted octanol–water partition coefficient (Wildman–Crippen LogP) is 3.36. The van der Waals surface area contributed by atoms with Gasteiger partial charge in [-0.1, -0.05) is 41.0 Å². The summed E-state index contributed by atoms with van der Waals surface area (Å²) in [4.78, 5) is 14.8. The van der Waals surface area contributed by atoms with Crippen molar-refractivity contribution in [1.29, 1.82) is 0 Å². The van der Waals surface area contributed by atoms with Crippen LogP contribution in [-0.4, -0.2) is 30.3 Å². The predicted molar refractivity (Wildman–Crippen MR) is 73.1 cm³/mol. The van der Waals surface area contributed by atoms with Crippen LogP contribution in [0.3, 0.4) is 0 Å². The molecular weight excluding hydrogens is 210 g/mol. The molecule has 2 heteroatoms. The first kappa shape index (κ1) is 14.7. The smallest absolute Gasteiger partial charge is 0.142 e. The Morgan fingerprint density at radius 2 is 2.06 bits per heavy atom. The van der Waals surface area contributed by atoms with E-state index in [4.69, 9.17) is 0 Å². The molecule has 100 valence electrons. The lowest BCUT2D eigenvalue weighted by atomic mass is 9.71. The van der Waals surface area contributed by atoms with E-state index in [-0.39, 0.29) is 11.3 Å². The number of rotatable bonds is 5. The van der Waals surface area contributed by atoms with Crippen LogP contribution in [0.4, 0.5) is 0 Å². The molecular formula is C15H29NO. The van der Waals surface area contributed by atoms with Gasteiger partial charge in [0, 0.05) is 24.4 Å². The molecule has 0 radical (unpaired) electrons. The lowest BCUT2D eigenvalue weighted by molar-refractivity contribution is -0.135. The quantitative estimate of drug-likeness (QED) is 0.733. The van der Waals surface area contributed by atoms with Crippen molar-refractivity contribution in [2.45, 2.75) is 53.9 Å². The van der Waals surface area contributed by atoms with E-state index in [0.29, 0.717) is 11.7 Å². The molecule has 0 aromatic carbocycles. The second-order valence-corrected chi connectivity index (χ2v) is 6.58. The number of nitrogens with zero attached hydrogens (tertiary/aromatic N) is 1. The second-order valence-electron chi connectivity index (χ2n) is 6.58. The van der Waals surface area contributed by atoms with Crippen LogP contribution in [-0.2, 0) is 4.79 Å². The fourth-order valence-corrected chi connectivity index (χ4v) is 2.93. The molecule has 0 aliphatic heterocycles. The van der Waals surface area contributed by atoms with Crippen LogP contribution in [0.1, 0.15) is 53.9 Å². The van der Waals surface area contributed by atoms with Gasteiger partial charge in [-0.15, -0.1) is 0 Å². The molecule has 0 heterocycles. The second kappa shape index (κ2) is 5.99. The number of hydrogen-bond donors (Lipinski definition) is 0. The van der Waals surface area contributed by atoms with Crippen molar-refractivity contribution in [3.05, 3.63) is 0 Å². The van der Waals surface area contributed by atoms with Crippen LogP contribution < -0.4 is 0 Å². The summed E-state index contributed by atoms with van der Waals surface area (Å²) >= 11 is 0. The maximum Gasteiger partial charge on any atom is 0.142 e. The van der Waals surface area contributed by atoms with Gasteiger partial charge in [0.05, 0.1) is 0 Å². The molecule has 1 aliphatic rings. The van der Waals surface area contributed by atoms with Crippen LogP contribution in [0.25, 0.3) is 0 Å². The van der Waals surface area contributed by atoms with Gasteiger partial charge in [-0.05, 0) is 25.3 Å². The number of hydrogen-bond acceptors (Lipinski definition) is 2. The van der Waals surface area contributed by atoms with Crippen molar-refractivity contribution in [1.82, 2.24) is 4.90 Å². The summed E-state index contributed by atoms with van der Waals surface area (Å²) in [5.74, 6) is 1.45. The number of carbonyl (C=O) groups excluding carboxylic acids is 1. The Morgan fingerprint density at radius 1 is 1.41 bits per heavy atom. The molecule has 1 aliphatic carbocycles. The van der Waals surface area contributed by atoms with Crippen LogP contribution in [0.5, 0.6) is 0 Å². The summed E-state index contributed by atoms with van der Waals surface area (Å²) in [5, 5.41) is 0. The molecule has 0 spiro atoms. The van der Waals surface area contributed by atoms with E-state index in [0.717, 1.165) is 32.5 Å². The summed E-state index contributed by atoms with van der Waals surface area (Å²) in [6.07, 6.45) is 3.37. The lowest BCUT2D eigenvalue weighted by Gasteiger charge is -2.36. The zero-order valence-electron chi connectivity index (χ0n) is 12.3. The van der Waals surface area contributed by atoms with E-state index in [1.807, 2.05) is 0 Å². The third-order valence-corrected chi connectivity index (χ3v) is 3.94. The highest BCUT2D eigenvalue weighted by molar-refractivity contribution is 5.87. The zero-order valence-corrected chi connectivity index (χ0v) is 12.3. The number of carbonyl (C=O) groups is 1. The monoisotopic (exact) mass is 239 g/mol. The van der Waals surface area contributed by atoms with Crippen LogP contribution in [0.2, 0.25) is 0 Å². The van der Waals surface area contributed by atoms with Crippen LogP contribution >= 0.6 is 0 Å². The van der Waals surface area contributed by atoms with Crippen LogP contribution in [0.15, 0.2) is 0 Å². The van der Waals surface area contributed by atoms with Crippen LogP contribution in [0, 0.1) is 17.3 Å². The van der Waals surface area contributed by atoms with Crippen molar-refractivity contribution in [3.63, 3.8) is 0 Å². The van der Waals surface area contributed by atoms with Crippen molar-refractivity contribution in [2.75, 3.05) is 19.6 Å². The normalized spacial score (nSPS) is 24.6. The first-order valence-electron chi connectivity index (χ1n) is 7.13. The topological polar surface area (TPSA) is 20.3 Å². The van der Waals surface area contributed by atoms with Crippen molar-refractivity contribution in [2.24, 2.45) is 17.3 Å². The minimum absolute atomic E-state index is 0.0832. The Bertz CT molecular complexity index is 258. The van der Waals surface area contributed by atoms with Gasteiger partial charge in [-0.2, -0.15) is 0 Å². The maximum absolute atomic E-state index is 12.4. The molecule has 0 saturated heterocycles. The molecule has 0 amide bonds. The lowest BCUT2D eigenvalue weighted by Crippen LogP contribution is -2.42. The fraction of sp³-hybridized carbons (Fsp3) is 0.933. The minimum Gasteiger partial charge on any atom is -0.303 e. The Balaban J connectivity index is 2.57. The van der Waals surface area contributed by atoms with Gasteiger partial charge >= 0.3 is 0 Å². The fourth-order valence-electron chi connectivity index (χ4n) is 2.93. The molecule has 1 rings (SSSR count). The molecule has 17 heavy (non-hydrogen) atoms. The molecule has 1 saturated carbocycles.